The highest BCUT2D eigenvalue weighted by atomic mass is 16.5. The molecule has 3 aliphatic rings. The predicted molar refractivity (Wildman–Crippen MR) is 114 cm³/mol. The number of ether oxygens (including phenoxy) is 3. The molecule has 0 bridgehead atoms. The fraction of sp³-hybridized carbons (Fsp3) is 0.720. The first kappa shape index (κ1) is 20.6. The highest BCUT2D eigenvalue weighted by Gasteiger charge is 2.61. The van der Waals surface area contributed by atoms with E-state index in [9.17, 15) is 4.79 Å². The summed E-state index contributed by atoms with van der Waals surface area (Å²) in [7, 11) is 5.09. The second-order valence-electron chi connectivity index (χ2n) is 10.3. The van der Waals surface area contributed by atoms with Crippen LogP contribution in [0.15, 0.2) is 6.07 Å². The van der Waals surface area contributed by atoms with Gasteiger partial charge in [0.05, 0.1) is 21.3 Å². The number of aldehydes is 1. The first-order valence-electron chi connectivity index (χ1n) is 11.1. The van der Waals surface area contributed by atoms with Gasteiger partial charge in [0, 0.05) is 11.0 Å². The average Bonchev–Trinajstić information content (AvgIpc) is 2.71. The van der Waals surface area contributed by atoms with Crippen LogP contribution in [-0.4, -0.2) is 27.6 Å². The summed E-state index contributed by atoms with van der Waals surface area (Å²) < 4.78 is 17.2. The van der Waals surface area contributed by atoms with Gasteiger partial charge in [0.1, 0.15) is 6.29 Å². The van der Waals surface area contributed by atoms with Crippen LogP contribution in [-0.2, 0) is 16.6 Å². The quantitative estimate of drug-likeness (QED) is 0.640. The number of carbonyl (C=O) groups is 1. The van der Waals surface area contributed by atoms with E-state index in [1.54, 1.807) is 21.3 Å². The molecule has 0 aliphatic heterocycles. The maximum Gasteiger partial charge on any atom is 0.203 e. The zero-order valence-electron chi connectivity index (χ0n) is 18.9. The molecule has 0 heterocycles. The number of fused-ring (bicyclic) bond motifs is 5. The number of carbonyl (C=O) groups excluding carboxylic acids is 1. The lowest BCUT2D eigenvalue weighted by Crippen LogP contribution is -2.58. The van der Waals surface area contributed by atoms with E-state index in [0.717, 1.165) is 50.0 Å². The lowest BCUT2D eigenvalue weighted by molar-refractivity contribution is -0.142. The molecule has 0 unspecified atom stereocenters. The predicted octanol–water partition coefficient (Wildman–Crippen LogP) is 5.34. The van der Waals surface area contributed by atoms with E-state index in [0.29, 0.717) is 17.6 Å². The molecule has 1 aromatic rings. The molecule has 4 heteroatoms. The molecular formula is C25H36O4. The molecule has 0 spiro atoms. The first-order chi connectivity index (χ1) is 13.8. The minimum Gasteiger partial charge on any atom is -0.493 e. The van der Waals surface area contributed by atoms with Crippen molar-refractivity contribution in [1.29, 1.82) is 0 Å². The van der Waals surface area contributed by atoms with E-state index < -0.39 is 0 Å². The number of rotatable bonds is 4. The molecule has 1 aromatic carbocycles. The van der Waals surface area contributed by atoms with Gasteiger partial charge < -0.3 is 19.0 Å². The minimum atomic E-state index is -0.177. The molecule has 5 atom stereocenters. The molecule has 0 radical (unpaired) electrons. The van der Waals surface area contributed by atoms with E-state index in [4.69, 9.17) is 14.2 Å². The number of hydrogen-bond acceptors (Lipinski definition) is 4. The Morgan fingerprint density at radius 1 is 0.931 bits per heavy atom. The van der Waals surface area contributed by atoms with Gasteiger partial charge in [-0.05, 0) is 72.8 Å². The summed E-state index contributed by atoms with van der Waals surface area (Å²) >= 11 is 0. The maximum atomic E-state index is 12.1. The van der Waals surface area contributed by atoms with Crippen molar-refractivity contribution in [2.24, 2.45) is 22.7 Å². The van der Waals surface area contributed by atoms with E-state index in [-0.39, 0.29) is 16.2 Å². The zero-order valence-corrected chi connectivity index (χ0v) is 18.9. The Balaban J connectivity index is 1.86. The topological polar surface area (TPSA) is 44.8 Å². The SMILES string of the molecule is COc1cc2c(c(OC)c1OC)CC[C@@H]1[C@@]3(C)CCC[C@](C)(C=O)[C@@H]3CC[C@@]21C. The molecule has 2 saturated carbocycles. The number of benzene rings is 1. The van der Waals surface area contributed by atoms with Gasteiger partial charge in [0.2, 0.25) is 5.75 Å². The summed E-state index contributed by atoms with van der Waals surface area (Å²) in [5, 5.41) is 0. The van der Waals surface area contributed by atoms with Gasteiger partial charge in [0.15, 0.2) is 11.5 Å². The van der Waals surface area contributed by atoms with Crippen LogP contribution in [0.25, 0.3) is 0 Å². The van der Waals surface area contributed by atoms with Crippen molar-refractivity contribution < 1.29 is 19.0 Å². The number of hydrogen-bond donors (Lipinski definition) is 0. The molecule has 160 valence electrons. The van der Waals surface area contributed by atoms with Gasteiger partial charge >= 0.3 is 0 Å². The molecule has 0 N–H and O–H groups in total. The largest absolute Gasteiger partial charge is 0.493 e. The van der Waals surface area contributed by atoms with Crippen molar-refractivity contribution in [3.05, 3.63) is 17.2 Å². The van der Waals surface area contributed by atoms with Crippen LogP contribution in [0.4, 0.5) is 0 Å². The Morgan fingerprint density at radius 3 is 2.28 bits per heavy atom. The van der Waals surface area contributed by atoms with Crippen LogP contribution < -0.4 is 14.2 Å². The Hall–Kier alpha value is -1.71. The molecule has 0 aromatic heterocycles. The third kappa shape index (κ3) is 2.67. The molecule has 3 aliphatic carbocycles. The van der Waals surface area contributed by atoms with Crippen LogP contribution in [0.2, 0.25) is 0 Å². The molecular weight excluding hydrogens is 364 g/mol. The minimum absolute atomic E-state index is 0.0623. The summed E-state index contributed by atoms with van der Waals surface area (Å²) in [6.07, 6.45) is 9.01. The van der Waals surface area contributed by atoms with Gasteiger partial charge in [-0.2, -0.15) is 0 Å². The Kier molecular flexibility index (Phi) is 4.91. The molecule has 29 heavy (non-hydrogen) atoms. The highest BCUT2D eigenvalue weighted by Crippen LogP contribution is 2.67. The van der Waals surface area contributed by atoms with Crippen molar-refractivity contribution in [2.45, 2.75) is 71.1 Å². The Morgan fingerprint density at radius 2 is 1.66 bits per heavy atom. The van der Waals surface area contributed by atoms with Gasteiger partial charge in [-0.1, -0.05) is 27.2 Å². The van der Waals surface area contributed by atoms with Crippen molar-refractivity contribution >= 4 is 6.29 Å². The van der Waals surface area contributed by atoms with Crippen molar-refractivity contribution in [3.63, 3.8) is 0 Å². The standard InChI is InChI=1S/C25H36O4/c1-23(15-26)11-7-12-25(3)19(23)10-13-24(2)17-14-18(27-4)22(29-6)21(28-5)16(17)8-9-20(24)25/h14-15,19-20H,7-13H2,1-6H3/t19-,20-,23+,24-,25-/m0/s1. The van der Waals surface area contributed by atoms with Crippen LogP contribution in [0.3, 0.4) is 0 Å². The molecule has 4 nitrogen and oxygen atoms in total. The lowest BCUT2D eigenvalue weighted by atomic mass is 9.40. The van der Waals surface area contributed by atoms with Crippen LogP contribution >= 0.6 is 0 Å². The van der Waals surface area contributed by atoms with Gasteiger partial charge in [-0.3, -0.25) is 0 Å². The third-order valence-corrected chi connectivity index (χ3v) is 9.04. The molecule has 4 rings (SSSR count). The molecule has 2 fully saturated rings. The fourth-order valence-electron chi connectivity index (χ4n) is 7.75. The van der Waals surface area contributed by atoms with Crippen LogP contribution in [0, 0.1) is 22.7 Å². The van der Waals surface area contributed by atoms with Crippen LogP contribution in [0.5, 0.6) is 17.2 Å². The summed E-state index contributed by atoms with van der Waals surface area (Å²) in [5.74, 6) is 3.31. The van der Waals surface area contributed by atoms with E-state index in [1.807, 2.05) is 0 Å². The fourth-order valence-corrected chi connectivity index (χ4v) is 7.75. The van der Waals surface area contributed by atoms with Gasteiger partial charge in [0.25, 0.3) is 0 Å². The lowest BCUT2D eigenvalue weighted by Gasteiger charge is -2.63. The average molecular weight is 401 g/mol. The number of methoxy groups -OCH3 is 3. The van der Waals surface area contributed by atoms with E-state index >= 15 is 0 Å². The summed E-state index contributed by atoms with van der Waals surface area (Å²) in [6, 6.07) is 2.20. The first-order valence-corrected chi connectivity index (χ1v) is 11.1. The third-order valence-electron chi connectivity index (χ3n) is 9.04. The smallest absolute Gasteiger partial charge is 0.203 e. The van der Waals surface area contributed by atoms with Crippen molar-refractivity contribution in [1.82, 2.24) is 0 Å². The Bertz CT molecular complexity index is 818. The molecule has 0 saturated heterocycles. The monoisotopic (exact) mass is 400 g/mol. The van der Waals surface area contributed by atoms with E-state index in [2.05, 4.69) is 26.8 Å². The summed E-state index contributed by atoms with van der Waals surface area (Å²) in [6.45, 7) is 7.12. The van der Waals surface area contributed by atoms with Gasteiger partial charge in [-0.25, -0.2) is 0 Å². The second-order valence-corrected chi connectivity index (χ2v) is 10.3. The summed E-state index contributed by atoms with van der Waals surface area (Å²) in [5.41, 5.74) is 2.72. The van der Waals surface area contributed by atoms with Crippen LogP contribution in [0.1, 0.15) is 70.4 Å². The highest BCUT2D eigenvalue weighted by molar-refractivity contribution is 5.63. The zero-order chi connectivity index (χ0) is 21.0. The maximum absolute atomic E-state index is 12.1. The second kappa shape index (κ2) is 6.92. The van der Waals surface area contributed by atoms with Gasteiger partial charge in [-0.15, -0.1) is 0 Å². The van der Waals surface area contributed by atoms with Crippen molar-refractivity contribution in [3.8, 4) is 17.2 Å². The normalized spacial score (nSPS) is 38.3. The molecule has 0 amide bonds. The van der Waals surface area contributed by atoms with E-state index in [1.165, 1.54) is 23.8 Å². The van der Waals surface area contributed by atoms with Crippen molar-refractivity contribution in [2.75, 3.05) is 21.3 Å². The summed E-state index contributed by atoms with van der Waals surface area (Å²) in [4.78, 5) is 12.1. The Labute approximate surface area is 175 Å².